The summed E-state index contributed by atoms with van der Waals surface area (Å²) in [7, 11) is 4.11. The highest BCUT2D eigenvalue weighted by molar-refractivity contribution is 5.99. The van der Waals surface area contributed by atoms with E-state index in [2.05, 4.69) is 23.9 Å². The maximum absolute atomic E-state index is 13.0. The molecule has 116 valence electrons. The summed E-state index contributed by atoms with van der Waals surface area (Å²) in [6, 6.07) is 3.93. The first kappa shape index (κ1) is 15.7. The summed E-state index contributed by atoms with van der Waals surface area (Å²) in [4.78, 5) is 18.7. The second-order valence-corrected chi connectivity index (χ2v) is 5.67. The van der Waals surface area contributed by atoms with Gasteiger partial charge in [-0.05, 0) is 32.3 Å². The molecule has 1 aliphatic heterocycles. The molecule has 1 aliphatic rings. The zero-order valence-electron chi connectivity index (χ0n) is 12.7. The summed E-state index contributed by atoms with van der Waals surface area (Å²) < 4.78 is 13.0. The molecule has 0 aliphatic carbocycles. The van der Waals surface area contributed by atoms with Crippen LogP contribution < -0.4 is 5.73 Å². The maximum atomic E-state index is 13.0. The molecular formula is C15H23FN4O. The van der Waals surface area contributed by atoms with E-state index < -0.39 is 5.82 Å². The predicted octanol–water partition coefficient (Wildman–Crippen LogP) is 0.727. The third kappa shape index (κ3) is 4.15. The highest BCUT2D eigenvalue weighted by Gasteiger charge is 2.23. The Balaban J connectivity index is 1.91. The lowest BCUT2D eigenvalue weighted by molar-refractivity contribution is 0.0630. The second kappa shape index (κ2) is 6.87. The van der Waals surface area contributed by atoms with Crippen LogP contribution in [0.1, 0.15) is 10.4 Å². The van der Waals surface area contributed by atoms with Crippen molar-refractivity contribution >= 4 is 11.6 Å². The molecule has 0 spiro atoms. The molecule has 1 amide bonds. The lowest BCUT2D eigenvalue weighted by Gasteiger charge is -2.35. The van der Waals surface area contributed by atoms with Gasteiger partial charge in [-0.1, -0.05) is 0 Å². The van der Waals surface area contributed by atoms with Gasteiger partial charge in [-0.15, -0.1) is 0 Å². The molecule has 0 atom stereocenters. The van der Waals surface area contributed by atoms with Crippen molar-refractivity contribution in [2.24, 2.45) is 0 Å². The Morgan fingerprint density at radius 1 is 1.29 bits per heavy atom. The van der Waals surface area contributed by atoms with Gasteiger partial charge in [0.1, 0.15) is 5.82 Å². The number of hydrogen-bond acceptors (Lipinski definition) is 4. The van der Waals surface area contributed by atoms with Crippen LogP contribution >= 0.6 is 0 Å². The van der Waals surface area contributed by atoms with Gasteiger partial charge in [-0.3, -0.25) is 9.69 Å². The third-order valence-electron chi connectivity index (χ3n) is 3.77. The smallest absolute Gasteiger partial charge is 0.256 e. The number of carbonyl (C=O) groups is 1. The van der Waals surface area contributed by atoms with Crippen molar-refractivity contribution < 1.29 is 9.18 Å². The number of rotatable bonds is 4. The van der Waals surface area contributed by atoms with Gasteiger partial charge in [0, 0.05) is 45.0 Å². The van der Waals surface area contributed by atoms with E-state index in [1.807, 2.05) is 0 Å². The van der Waals surface area contributed by atoms with E-state index >= 15 is 0 Å². The molecule has 1 fully saturated rings. The largest absolute Gasteiger partial charge is 0.398 e. The molecule has 1 saturated heterocycles. The summed E-state index contributed by atoms with van der Waals surface area (Å²) in [5.74, 6) is -0.530. The highest BCUT2D eigenvalue weighted by atomic mass is 19.1. The summed E-state index contributed by atoms with van der Waals surface area (Å²) in [6.45, 7) is 5.11. The van der Waals surface area contributed by atoms with Crippen LogP contribution in [0.25, 0.3) is 0 Å². The Hall–Kier alpha value is -1.66. The number of nitrogens with two attached hydrogens (primary N) is 1. The van der Waals surface area contributed by atoms with E-state index in [1.54, 1.807) is 4.90 Å². The van der Waals surface area contributed by atoms with Crippen molar-refractivity contribution in [3.8, 4) is 0 Å². The monoisotopic (exact) mass is 294 g/mol. The zero-order valence-corrected chi connectivity index (χ0v) is 12.7. The third-order valence-corrected chi connectivity index (χ3v) is 3.77. The predicted molar refractivity (Wildman–Crippen MR) is 81.7 cm³/mol. The van der Waals surface area contributed by atoms with Crippen LogP contribution in [0.2, 0.25) is 0 Å². The number of piperazine rings is 1. The van der Waals surface area contributed by atoms with E-state index in [4.69, 9.17) is 5.73 Å². The van der Waals surface area contributed by atoms with Crippen molar-refractivity contribution in [1.82, 2.24) is 14.7 Å². The molecule has 0 radical (unpaired) electrons. The minimum Gasteiger partial charge on any atom is -0.398 e. The Morgan fingerprint density at radius 2 is 1.95 bits per heavy atom. The maximum Gasteiger partial charge on any atom is 0.256 e. The quantitative estimate of drug-likeness (QED) is 0.832. The summed E-state index contributed by atoms with van der Waals surface area (Å²) in [5.41, 5.74) is 6.32. The number of nitrogen functional groups attached to an aromatic ring is 1. The lowest BCUT2D eigenvalue weighted by Crippen LogP contribution is -2.50. The molecule has 0 unspecified atom stereocenters. The minimum absolute atomic E-state index is 0.111. The van der Waals surface area contributed by atoms with E-state index in [0.717, 1.165) is 26.2 Å². The average Bonchev–Trinajstić information content (AvgIpc) is 2.45. The van der Waals surface area contributed by atoms with E-state index in [-0.39, 0.29) is 11.6 Å². The number of amides is 1. The minimum atomic E-state index is -0.419. The van der Waals surface area contributed by atoms with Gasteiger partial charge in [0.2, 0.25) is 0 Å². The van der Waals surface area contributed by atoms with E-state index in [9.17, 15) is 9.18 Å². The van der Waals surface area contributed by atoms with Gasteiger partial charge in [0.25, 0.3) is 5.91 Å². The first-order valence-corrected chi connectivity index (χ1v) is 7.19. The van der Waals surface area contributed by atoms with Crippen molar-refractivity contribution in [3.05, 3.63) is 29.6 Å². The average molecular weight is 294 g/mol. The molecule has 2 N–H and O–H groups in total. The molecule has 0 aromatic heterocycles. The molecule has 1 aromatic rings. The van der Waals surface area contributed by atoms with E-state index in [0.29, 0.717) is 18.7 Å². The normalized spacial score (nSPS) is 16.5. The number of halogens is 1. The van der Waals surface area contributed by atoms with E-state index in [1.165, 1.54) is 18.2 Å². The number of likely N-dealkylation sites (N-methyl/N-ethyl adjacent to an activating group) is 1. The summed E-state index contributed by atoms with van der Waals surface area (Å²) >= 11 is 0. The Bertz CT molecular complexity index is 498. The number of nitrogens with zero attached hydrogens (tertiary/aromatic N) is 3. The van der Waals surface area contributed by atoms with Crippen LogP contribution in [0.3, 0.4) is 0 Å². The molecule has 1 heterocycles. The van der Waals surface area contributed by atoms with Crippen molar-refractivity contribution in [2.75, 3.05) is 59.1 Å². The Morgan fingerprint density at radius 3 is 2.52 bits per heavy atom. The van der Waals surface area contributed by atoms with Gasteiger partial charge >= 0.3 is 0 Å². The molecule has 2 rings (SSSR count). The number of hydrogen-bond donors (Lipinski definition) is 1. The van der Waals surface area contributed by atoms with Crippen LogP contribution in [0.4, 0.5) is 10.1 Å². The highest BCUT2D eigenvalue weighted by Crippen LogP contribution is 2.17. The van der Waals surface area contributed by atoms with Crippen LogP contribution in [0, 0.1) is 5.82 Å². The SMILES string of the molecule is CN(C)CCN1CCN(C(=O)c2ccc(F)cc2N)CC1. The molecule has 6 heteroatoms. The van der Waals surface area contributed by atoms with Crippen LogP contribution in [0.5, 0.6) is 0 Å². The molecule has 0 saturated carbocycles. The fourth-order valence-corrected chi connectivity index (χ4v) is 2.41. The fraction of sp³-hybridized carbons (Fsp3) is 0.533. The zero-order chi connectivity index (χ0) is 15.4. The molecule has 21 heavy (non-hydrogen) atoms. The van der Waals surface area contributed by atoms with Crippen LogP contribution in [-0.2, 0) is 0 Å². The van der Waals surface area contributed by atoms with Gasteiger partial charge in [-0.25, -0.2) is 4.39 Å². The Kier molecular flexibility index (Phi) is 5.14. The molecular weight excluding hydrogens is 271 g/mol. The van der Waals surface area contributed by atoms with Crippen LogP contribution in [-0.4, -0.2) is 74.0 Å². The van der Waals surface area contributed by atoms with Gasteiger partial charge < -0.3 is 15.5 Å². The summed E-state index contributed by atoms with van der Waals surface area (Å²) in [6.07, 6.45) is 0. The van der Waals surface area contributed by atoms with Crippen molar-refractivity contribution in [2.45, 2.75) is 0 Å². The standard InChI is InChI=1S/C15H23FN4O/c1-18(2)5-6-19-7-9-20(10-8-19)15(21)13-4-3-12(16)11-14(13)17/h3-4,11H,5-10,17H2,1-2H3. The van der Waals surface area contributed by atoms with Gasteiger partial charge in [0.05, 0.1) is 5.56 Å². The molecule has 1 aromatic carbocycles. The first-order valence-electron chi connectivity index (χ1n) is 7.19. The number of carbonyl (C=O) groups excluding carboxylic acids is 1. The molecule has 0 bridgehead atoms. The first-order chi connectivity index (χ1) is 9.97. The second-order valence-electron chi connectivity index (χ2n) is 5.67. The van der Waals surface area contributed by atoms with Crippen molar-refractivity contribution in [3.63, 3.8) is 0 Å². The van der Waals surface area contributed by atoms with Crippen LogP contribution in [0.15, 0.2) is 18.2 Å². The van der Waals surface area contributed by atoms with Gasteiger partial charge in [0.15, 0.2) is 0 Å². The number of anilines is 1. The molecule has 5 nitrogen and oxygen atoms in total. The van der Waals surface area contributed by atoms with Crippen molar-refractivity contribution in [1.29, 1.82) is 0 Å². The van der Waals surface area contributed by atoms with Gasteiger partial charge in [-0.2, -0.15) is 0 Å². The Labute approximate surface area is 125 Å². The lowest BCUT2D eigenvalue weighted by atomic mass is 10.1. The summed E-state index contributed by atoms with van der Waals surface area (Å²) in [5, 5.41) is 0. The topological polar surface area (TPSA) is 52.8 Å². The number of benzene rings is 1. The fourth-order valence-electron chi connectivity index (χ4n) is 2.41.